The minimum absolute atomic E-state index is 0.0660. The van der Waals surface area contributed by atoms with Gasteiger partial charge in [0.2, 0.25) is 11.8 Å². The maximum atomic E-state index is 13.3. The molecule has 0 saturated carbocycles. The molecule has 2 aromatic rings. The highest BCUT2D eigenvalue weighted by molar-refractivity contribution is 5.95. The number of amides is 2. The Labute approximate surface area is 164 Å². The molecule has 3 rings (SSSR count). The third-order valence-electron chi connectivity index (χ3n) is 5.17. The van der Waals surface area contributed by atoms with Crippen LogP contribution in [0, 0.1) is 5.82 Å². The molecule has 2 N–H and O–H groups in total. The van der Waals surface area contributed by atoms with Gasteiger partial charge in [-0.2, -0.15) is 0 Å². The highest BCUT2D eigenvalue weighted by Gasteiger charge is 2.28. The highest BCUT2D eigenvalue weighted by Crippen LogP contribution is 2.22. The van der Waals surface area contributed by atoms with Crippen LogP contribution in [0.1, 0.15) is 24.8 Å². The predicted molar refractivity (Wildman–Crippen MR) is 107 cm³/mol. The zero-order valence-corrected chi connectivity index (χ0v) is 15.9. The lowest BCUT2D eigenvalue weighted by Crippen LogP contribution is -2.44. The number of carbonyl (C=O) groups is 2. The number of rotatable bonds is 8. The Morgan fingerprint density at radius 3 is 2.50 bits per heavy atom. The van der Waals surface area contributed by atoms with Crippen molar-refractivity contribution in [1.29, 1.82) is 0 Å². The van der Waals surface area contributed by atoms with Crippen LogP contribution in [-0.4, -0.2) is 42.4 Å². The number of halogens is 1. The Bertz CT molecular complexity index is 795. The second-order valence-electron chi connectivity index (χ2n) is 7.19. The highest BCUT2D eigenvalue weighted by atomic mass is 19.1. The van der Waals surface area contributed by atoms with Crippen molar-refractivity contribution in [1.82, 2.24) is 4.90 Å². The Hall–Kier alpha value is -2.73. The van der Waals surface area contributed by atoms with Crippen LogP contribution in [0.15, 0.2) is 54.6 Å². The van der Waals surface area contributed by atoms with Gasteiger partial charge in [0.25, 0.3) is 0 Å². The molecule has 0 aromatic heterocycles. The van der Waals surface area contributed by atoms with Gasteiger partial charge < -0.3 is 10.6 Å². The maximum absolute atomic E-state index is 13.3. The molecule has 5 nitrogen and oxygen atoms in total. The largest absolute Gasteiger partial charge is 0.370 e. The van der Waals surface area contributed by atoms with Gasteiger partial charge in [-0.25, -0.2) is 4.39 Å². The van der Waals surface area contributed by atoms with Crippen molar-refractivity contribution in [2.45, 2.75) is 31.7 Å². The van der Waals surface area contributed by atoms with Gasteiger partial charge in [0.05, 0.1) is 6.54 Å². The first-order valence-corrected chi connectivity index (χ1v) is 9.65. The molecule has 1 saturated heterocycles. The zero-order chi connectivity index (χ0) is 19.9. The van der Waals surface area contributed by atoms with Gasteiger partial charge in [0.1, 0.15) is 5.82 Å². The van der Waals surface area contributed by atoms with Gasteiger partial charge in [-0.05, 0) is 55.6 Å². The van der Waals surface area contributed by atoms with Crippen molar-refractivity contribution in [3.05, 3.63) is 66.0 Å². The molecule has 0 radical (unpaired) electrons. The Morgan fingerprint density at radius 2 is 1.82 bits per heavy atom. The molecule has 1 aliphatic rings. The SMILES string of the molecule is NC(=O)CCN(C(=O)CN1CCC[C@H]1Cc1ccccc1)c1ccc(F)cc1. The monoisotopic (exact) mass is 383 g/mol. The van der Waals surface area contributed by atoms with E-state index < -0.39 is 5.91 Å². The second kappa shape index (κ2) is 9.46. The number of likely N-dealkylation sites (tertiary alicyclic amines) is 1. The normalized spacial score (nSPS) is 16.8. The predicted octanol–water partition coefficient (Wildman–Crippen LogP) is 2.74. The molecule has 1 fully saturated rings. The van der Waals surface area contributed by atoms with Crippen molar-refractivity contribution in [2.24, 2.45) is 5.73 Å². The Morgan fingerprint density at radius 1 is 1.11 bits per heavy atom. The summed E-state index contributed by atoms with van der Waals surface area (Å²) >= 11 is 0. The first-order chi connectivity index (χ1) is 13.5. The van der Waals surface area contributed by atoms with Crippen LogP contribution < -0.4 is 10.6 Å². The van der Waals surface area contributed by atoms with E-state index in [1.54, 1.807) is 12.1 Å². The van der Waals surface area contributed by atoms with Crippen LogP contribution in [-0.2, 0) is 16.0 Å². The summed E-state index contributed by atoms with van der Waals surface area (Å²) in [4.78, 5) is 28.0. The van der Waals surface area contributed by atoms with E-state index in [9.17, 15) is 14.0 Å². The summed E-state index contributed by atoms with van der Waals surface area (Å²) in [5.74, 6) is -0.940. The van der Waals surface area contributed by atoms with Gasteiger partial charge in [0.15, 0.2) is 0 Å². The summed E-state index contributed by atoms with van der Waals surface area (Å²) in [6, 6.07) is 16.3. The molecule has 2 aromatic carbocycles. The van der Waals surface area contributed by atoms with E-state index in [2.05, 4.69) is 17.0 Å². The van der Waals surface area contributed by atoms with E-state index >= 15 is 0 Å². The molecule has 6 heteroatoms. The molecular weight excluding hydrogens is 357 g/mol. The summed E-state index contributed by atoms with van der Waals surface area (Å²) < 4.78 is 13.3. The van der Waals surface area contributed by atoms with Crippen molar-refractivity contribution in [3.8, 4) is 0 Å². The average molecular weight is 383 g/mol. The second-order valence-corrected chi connectivity index (χ2v) is 7.19. The van der Waals surface area contributed by atoms with E-state index in [-0.39, 0.29) is 31.2 Å². The van der Waals surface area contributed by atoms with Crippen LogP contribution >= 0.6 is 0 Å². The maximum Gasteiger partial charge on any atom is 0.241 e. The molecule has 1 atom stereocenters. The fourth-order valence-electron chi connectivity index (χ4n) is 3.72. The summed E-state index contributed by atoms with van der Waals surface area (Å²) in [7, 11) is 0. The van der Waals surface area contributed by atoms with Gasteiger partial charge in [-0.3, -0.25) is 14.5 Å². The number of primary amides is 1. The van der Waals surface area contributed by atoms with Crippen molar-refractivity contribution in [2.75, 3.05) is 24.5 Å². The number of anilines is 1. The molecule has 0 aliphatic carbocycles. The van der Waals surface area contributed by atoms with Crippen molar-refractivity contribution >= 4 is 17.5 Å². The van der Waals surface area contributed by atoms with Crippen LogP contribution in [0.4, 0.5) is 10.1 Å². The van der Waals surface area contributed by atoms with Crippen molar-refractivity contribution in [3.63, 3.8) is 0 Å². The molecule has 1 aliphatic heterocycles. The Kier molecular flexibility index (Phi) is 6.76. The molecular formula is C22H26FN3O2. The quantitative estimate of drug-likeness (QED) is 0.762. The first kappa shape index (κ1) is 20.0. The van der Waals surface area contributed by atoms with Gasteiger partial charge in [-0.1, -0.05) is 30.3 Å². The molecule has 2 amide bonds. The number of carbonyl (C=O) groups excluding carboxylic acids is 2. The number of hydrogen-bond acceptors (Lipinski definition) is 3. The van der Waals surface area contributed by atoms with E-state index in [1.807, 2.05) is 18.2 Å². The summed E-state index contributed by atoms with van der Waals surface area (Å²) in [6.07, 6.45) is 3.09. The number of hydrogen-bond donors (Lipinski definition) is 1. The smallest absolute Gasteiger partial charge is 0.241 e. The van der Waals surface area contributed by atoms with E-state index in [4.69, 9.17) is 5.73 Å². The van der Waals surface area contributed by atoms with Crippen molar-refractivity contribution < 1.29 is 14.0 Å². The fourth-order valence-corrected chi connectivity index (χ4v) is 3.72. The van der Waals surface area contributed by atoms with Gasteiger partial charge >= 0.3 is 0 Å². The zero-order valence-electron chi connectivity index (χ0n) is 15.9. The lowest BCUT2D eigenvalue weighted by molar-refractivity contribution is -0.120. The van der Waals surface area contributed by atoms with Gasteiger partial charge in [-0.15, -0.1) is 0 Å². The summed E-state index contributed by atoms with van der Waals surface area (Å²) in [5.41, 5.74) is 7.10. The summed E-state index contributed by atoms with van der Waals surface area (Å²) in [6.45, 7) is 1.33. The Balaban J connectivity index is 1.69. The third-order valence-corrected chi connectivity index (χ3v) is 5.17. The third kappa shape index (κ3) is 5.39. The molecule has 0 spiro atoms. The number of nitrogens with two attached hydrogens (primary N) is 1. The summed E-state index contributed by atoms with van der Waals surface area (Å²) in [5, 5.41) is 0. The molecule has 148 valence electrons. The minimum Gasteiger partial charge on any atom is -0.370 e. The molecule has 0 bridgehead atoms. The van der Waals surface area contributed by atoms with E-state index in [0.717, 1.165) is 25.8 Å². The first-order valence-electron chi connectivity index (χ1n) is 9.65. The number of nitrogens with zero attached hydrogens (tertiary/aromatic N) is 2. The van der Waals surface area contributed by atoms with E-state index in [1.165, 1.54) is 22.6 Å². The average Bonchev–Trinajstić information content (AvgIpc) is 3.10. The lowest BCUT2D eigenvalue weighted by atomic mass is 10.0. The van der Waals surface area contributed by atoms with E-state index in [0.29, 0.717) is 11.7 Å². The molecule has 28 heavy (non-hydrogen) atoms. The van der Waals surface area contributed by atoms with Crippen LogP contribution in [0.3, 0.4) is 0 Å². The van der Waals surface area contributed by atoms with Gasteiger partial charge in [0, 0.05) is 24.7 Å². The lowest BCUT2D eigenvalue weighted by Gasteiger charge is -2.28. The number of benzene rings is 2. The molecule has 0 unspecified atom stereocenters. The topological polar surface area (TPSA) is 66.6 Å². The fraction of sp³-hybridized carbons (Fsp3) is 0.364. The van der Waals surface area contributed by atoms with Crippen LogP contribution in [0.2, 0.25) is 0 Å². The standard InChI is InChI=1S/C22H26FN3O2/c23-18-8-10-19(11-9-18)26(14-12-21(24)27)22(28)16-25-13-4-7-20(25)15-17-5-2-1-3-6-17/h1-3,5-6,8-11,20H,4,7,12-16H2,(H2,24,27)/t20-/m0/s1. The minimum atomic E-state index is -0.469. The van der Waals surface area contributed by atoms with Crippen LogP contribution in [0.5, 0.6) is 0 Å². The molecule has 1 heterocycles. The van der Waals surface area contributed by atoms with Crippen LogP contribution in [0.25, 0.3) is 0 Å².